The van der Waals surface area contributed by atoms with E-state index in [2.05, 4.69) is 11.8 Å². The van der Waals surface area contributed by atoms with E-state index in [1.807, 2.05) is 0 Å². The molecule has 0 N–H and O–H groups in total. The minimum Gasteiger partial charge on any atom is -0.297 e. The van der Waals surface area contributed by atoms with Crippen molar-refractivity contribution in [3.63, 3.8) is 0 Å². The molecular weight excluding hydrogens is 258 g/mol. The second-order valence-corrected chi connectivity index (χ2v) is 8.96. The molecule has 112 valence electrons. The van der Waals surface area contributed by atoms with Crippen molar-refractivity contribution in [3.8, 4) is 0 Å². The normalized spacial score (nSPS) is 24.4. The molecule has 3 nitrogen and oxygen atoms in total. The molecule has 2 aliphatic rings. The average Bonchev–Trinajstić information content (AvgIpc) is 2.97. The molecule has 0 aromatic rings. The van der Waals surface area contributed by atoms with E-state index in [4.69, 9.17) is 0 Å². The summed E-state index contributed by atoms with van der Waals surface area (Å²) >= 11 is 0. The molecule has 0 aliphatic heterocycles. The van der Waals surface area contributed by atoms with Crippen molar-refractivity contribution in [2.45, 2.75) is 70.4 Å². The molecule has 2 rings (SSSR count). The highest BCUT2D eigenvalue weighted by molar-refractivity contribution is 7.90. The second kappa shape index (κ2) is 6.57. The van der Waals surface area contributed by atoms with Crippen LogP contribution >= 0.6 is 0 Å². The Morgan fingerprint density at radius 2 is 1.42 bits per heavy atom. The van der Waals surface area contributed by atoms with Gasteiger partial charge in [-0.25, -0.2) is 8.42 Å². The maximum Gasteiger partial charge on any atom is 0.147 e. The molecule has 0 bridgehead atoms. The summed E-state index contributed by atoms with van der Waals surface area (Å²) in [5, 5.41) is 0. The Kier molecular flexibility index (Phi) is 5.29. The highest BCUT2D eigenvalue weighted by Crippen LogP contribution is 2.32. The van der Waals surface area contributed by atoms with E-state index >= 15 is 0 Å². The van der Waals surface area contributed by atoms with E-state index in [0.29, 0.717) is 5.75 Å². The van der Waals surface area contributed by atoms with Gasteiger partial charge in [0.25, 0.3) is 0 Å². The summed E-state index contributed by atoms with van der Waals surface area (Å²) in [4.78, 5) is 2.68. The van der Waals surface area contributed by atoms with Gasteiger partial charge in [-0.2, -0.15) is 0 Å². The first-order valence-corrected chi connectivity index (χ1v) is 9.95. The SMILES string of the molecule is CC(CN(C1CCCC1)C1CCCC1)CS(C)(=O)=O. The van der Waals surface area contributed by atoms with Crippen LogP contribution in [0.3, 0.4) is 0 Å². The highest BCUT2D eigenvalue weighted by Gasteiger charge is 2.31. The lowest BCUT2D eigenvalue weighted by Gasteiger charge is -2.36. The average molecular weight is 287 g/mol. The topological polar surface area (TPSA) is 37.4 Å². The van der Waals surface area contributed by atoms with Crippen LogP contribution in [0.1, 0.15) is 58.3 Å². The van der Waals surface area contributed by atoms with Crippen LogP contribution in [0.2, 0.25) is 0 Å². The molecule has 4 heteroatoms. The summed E-state index contributed by atoms with van der Waals surface area (Å²) in [6.07, 6.45) is 12.1. The first-order valence-electron chi connectivity index (χ1n) is 7.89. The number of nitrogens with zero attached hydrogens (tertiary/aromatic N) is 1. The van der Waals surface area contributed by atoms with Crippen LogP contribution in [0.25, 0.3) is 0 Å². The molecule has 0 spiro atoms. The van der Waals surface area contributed by atoms with Gasteiger partial charge in [-0.3, -0.25) is 4.90 Å². The van der Waals surface area contributed by atoms with Gasteiger partial charge >= 0.3 is 0 Å². The number of sulfone groups is 1. The maximum absolute atomic E-state index is 11.4. The van der Waals surface area contributed by atoms with Crippen molar-refractivity contribution < 1.29 is 8.42 Å². The molecule has 2 fully saturated rings. The van der Waals surface area contributed by atoms with Gasteiger partial charge in [0.15, 0.2) is 0 Å². The van der Waals surface area contributed by atoms with Gasteiger partial charge in [0, 0.05) is 24.9 Å². The van der Waals surface area contributed by atoms with Gasteiger partial charge in [-0.05, 0) is 31.6 Å². The Morgan fingerprint density at radius 3 is 1.79 bits per heavy atom. The first kappa shape index (κ1) is 15.3. The minimum atomic E-state index is -2.84. The largest absolute Gasteiger partial charge is 0.297 e. The Balaban J connectivity index is 1.96. The van der Waals surface area contributed by atoms with Crippen molar-refractivity contribution in [1.29, 1.82) is 0 Å². The Hall–Kier alpha value is -0.0900. The van der Waals surface area contributed by atoms with Crippen molar-refractivity contribution in [3.05, 3.63) is 0 Å². The molecule has 0 aromatic carbocycles. The molecule has 0 radical (unpaired) electrons. The standard InChI is InChI=1S/C15H29NO2S/c1-13(12-19(2,17)18)11-16(14-7-3-4-8-14)15-9-5-6-10-15/h13-15H,3-12H2,1-2H3. The zero-order valence-electron chi connectivity index (χ0n) is 12.5. The van der Waals surface area contributed by atoms with E-state index in [0.717, 1.165) is 18.6 Å². The number of hydrogen-bond donors (Lipinski definition) is 0. The lowest BCUT2D eigenvalue weighted by Crippen LogP contribution is -2.44. The fourth-order valence-electron chi connectivity index (χ4n) is 4.00. The molecule has 1 unspecified atom stereocenters. The molecule has 1 atom stereocenters. The molecule has 0 amide bonds. The summed E-state index contributed by atoms with van der Waals surface area (Å²) < 4.78 is 22.9. The lowest BCUT2D eigenvalue weighted by atomic mass is 10.1. The van der Waals surface area contributed by atoms with Gasteiger partial charge in [0.1, 0.15) is 9.84 Å². The van der Waals surface area contributed by atoms with Crippen LogP contribution < -0.4 is 0 Å². The molecular formula is C15H29NO2S. The third-order valence-electron chi connectivity index (χ3n) is 4.70. The monoisotopic (exact) mass is 287 g/mol. The predicted octanol–water partition coefficient (Wildman–Crippen LogP) is 2.85. The lowest BCUT2D eigenvalue weighted by molar-refractivity contribution is 0.121. The van der Waals surface area contributed by atoms with Crippen LogP contribution in [0.4, 0.5) is 0 Å². The zero-order valence-corrected chi connectivity index (χ0v) is 13.3. The van der Waals surface area contributed by atoms with Gasteiger partial charge in [0.2, 0.25) is 0 Å². The maximum atomic E-state index is 11.4. The van der Waals surface area contributed by atoms with Crippen molar-refractivity contribution in [2.24, 2.45) is 5.92 Å². The van der Waals surface area contributed by atoms with Crippen molar-refractivity contribution >= 4 is 9.84 Å². The molecule has 0 heterocycles. The summed E-state index contributed by atoms with van der Waals surface area (Å²) in [6, 6.07) is 1.45. The van der Waals surface area contributed by atoms with E-state index in [1.165, 1.54) is 57.6 Å². The van der Waals surface area contributed by atoms with Crippen molar-refractivity contribution in [1.82, 2.24) is 4.90 Å². The van der Waals surface area contributed by atoms with Gasteiger partial charge < -0.3 is 0 Å². The highest BCUT2D eigenvalue weighted by atomic mass is 32.2. The number of hydrogen-bond acceptors (Lipinski definition) is 3. The van der Waals surface area contributed by atoms with E-state index in [1.54, 1.807) is 0 Å². The number of rotatable bonds is 6. The van der Waals surface area contributed by atoms with Crippen LogP contribution in [0.5, 0.6) is 0 Å². The third kappa shape index (κ3) is 4.75. The summed E-state index contributed by atoms with van der Waals surface area (Å²) in [6.45, 7) is 3.07. The third-order valence-corrected chi connectivity index (χ3v) is 5.87. The summed E-state index contributed by atoms with van der Waals surface area (Å²) in [5.74, 6) is 0.597. The van der Waals surface area contributed by atoms with E-state index in [-0.39, 0.29) is 5.92 Å². The quantitative estimate of drug-likeness (QED) is 0.754. The van der Waals surface area contributed by atoms with Crippen LogP contribution in [-0.2, 0) is 9.84 Å². The molecule has 2 saturated carbocycles. The van der Waals surface area contributed by atoms with Gasteiger partial charge in [-0.15, -0.1) is 0 Å². The van der Waals surface area contributed by atoms with E-state index < -0.39 is 9.84 Å². The molecule has 0 saturated heterocycles. The van der Waals surface area contributed by atoms with Crippen LogP contribution in [-0.4, -0.2) is 44.0 Å². The fourth-order valence-corrected chi connectivity index (χ4v) is 5.14. The zero-order chi connectivity index (χ0) is 13.9. The van der Waals surface area contributed by atoms with Gasteiger partial charge in [-0.1, -0.05) is 32.6 Å². The minimum absolute atomic E-state index is 0.260. The van der Waals surface area contributed by atoms with Crippen LogP contribution in [0.15, 0.2) is 0 Å². The Labute approximate surface area is 118 Å². The molecule has 19 heavy (non-hydrogen) atoms. The molecule has 0 aromatic heterocycles. The first-order chi connectivity index (χ1) is 8.96. The fraction of sp³-hybridized carbons (Fsp3) is 1.00. The predicted molar refractivity (Wildman–Crippen MR) is 80.1 cm³/mol. The Morgan fingerprint density at radius 1 is 1.00 bits per heavy atom. The van der Waals surface area contributed by atoms with Crippen molar-refractivity contribution in [2.75, 3.05) is 18.6 Å². The van der Waals surface area contributed by atoms with Crippen LogP contribution in [0, 0.1) is 5.92 Å². The smallest absolute Gasteiger partial charge is 0.147 e. The van der Waals surface area contributed by atoms with E-state index in [9.17, 15) is 8.42 Å². The Bertz CT molecular complexity index is 352. The van der Waals surface area contributed by atoms with Gasteiger partial charge in [0.05, 0.1) is 5.75 Å². The summed E-state index contributed by atoms with van der Waals surface area (Å²) in [5.41, 5.74) is 0. The second-order valence-electron chi connectivity index (χ2n) is 6.77. The summed E-state index contributed by atoms with van der Waals surface area (Å²) in [7, 11) is -2.84. The molecule has 2 aliphatic carbocycles.